The average Bonchev–Trinajstić information content (AvgIpc) is 2.53. The maximum Gasteiger partial charge on any atom is 0.338 e. The van der Waals surface area contributed by atoms with Gasteiger partial charge in [0.15, 0.2) is 11.6 Å². The van der Waals surface area contributed by atoms with E-state index < -0.39 is 23.5 Å². The molecule has 0 radical (unpaired) electrons. The fraction of sp³-hybridized carbons (Fsp3) is 0.294. The SMILES string of the molecule is CCOC(=O)C1=C(C)OC(N)=C(C#N)C1c1cc(F)cc(F)c1OC. The molecule has 1 aliphatic heterocycles. The van der Waals surface area contributed by atoms with Crippen LogP contribution < -0.4 is 10.5 Å². The van der Waals surface area contributed by atoms with Crippen LogP contribution in [-0.4, -0.2) is 19.7 Å². The fourth-order valence-corrected chi connectivity index (χ4v) is 2.68. The summed E-state index contributed by atoms with van der Waals surface area (Å²) in [6, 6.07) is 3.45. The van der Waals surface area contributed by atoms with E-state index in [4.69, 9.17) is 19.9 Å². The lowest BCUT2D eigenvalue weighted by atomic mass is 9.82. The summed E-state index contributed by atoms with van der Waals surface area (Å²) in [5, 5.41) is 9.44. The van der Waals surface area contributed by atoms with Crippen LogP contribution in [0.3, 0.4) is 0 Å². The first-order valence-corrected chi connectivity index (χ1v) is 7.34. The smallest absolute Gasteiger partial charge is 0.338 e. The van der Waals surface area contributed by atoms with Crippen LogP contribution in [-0.2, 0) is 14.3 Å². The number of nitrogens with two attached hydrogens (primary N) is 1. The van der Waals surface area contributed by atoms with Crippen LogP contribution in [0.4, 0.5) is 8.78 Å². The Balaban J connectivity index is 2.78. The van der Waals surface area contributed by atoms with E-state index in [0.717, 1.165) is 6.07 Å². The Hall–Kier alpha value is -3.08. The molecule has 25 heavy (non-hydrogen) atoms. The lowest BCUT2D eigenvalue weighted by Gasteiger charge is -2.27. The van der Waals surface area contributed by atoms with E-state index in [1.807, 2.05) is 6.07 Å². The molecule has 1 aliphatic rings. The van der Waals surface area contributed by atoms with Gasteiger partial charge in [0.1, 0.15) is 23.2 Å². The van der Waals surface area contributed by atoms with Gasteiger partial charge in [0.2, 0.25) is 5.88 Å². The number of methoxy groups -OCH3 is 1. The molecule has 1 aromatic carbocycles. The summed E-state index contributed by atoms with van der Waals surface area (Å²) < 4.78 is 43.2. The molecule has 1 atom stereocenters. The van der Waals surface area contributed by atoms with E-state index in [0.29, 0.717) is 6.07 Å². The van der Waals surface area contributed by atoms with Crippen molar-refractivity contribution in [1.82, 2.24) is 0 Å². The average molecular weight is 350 g/mol. The molecule has 6 nitrogen and oxygen atoms in total. The Labute approximate surface area is 143 Å². The van der Waals surface area contributed by atoms with Gasteiger partial charge < -0.3 is 19.9 Å². The van der Waals surface area contributed by atoms with E-state index in [1.165, 1.54) is 14.0 Å². The zero-order valence-corrected chi connectivity index (χ0v) is 13.9. The number of rotatable bonds is 4. The van der Waals surface area contributed by atoms with Crippen LogP contribution in [0.15, 0.2) is 34.9 Å². The second-order valence-corrected chi connectivity index (χ2v) is 5.13. The van der Waals surface area contributed by atoms with Gasteiger partial charge in [-0.15, -0.1) is 0 Å². The number of hydrogen-bond acceptors (Lipinski definition) is 6. The Bertz CT molecular complexity index is 825. The molecule has 2 N–H and O–H groups in total. The monoisotopic (exact) mass is 350 g/mol. The van der Waals surface area contributed by atoms with E-state index in [1.54, 1.807) is 6.92 Å². The van der Waals surface area contributed by atoms with Crippen molar-refractivity contribution in [3.8, 4) is 11.8 Å². The maximum atomic E-state index is 14.1. The van der Waals surface area contributed by atoms with Gasteiger partial charge >= 0.3 is 5.97 Å². The van der Waals surface area contributed by atoms with Crippen molar-refractivity contribution in [1.29, 1.82) is 5.26 Å². The number of nitriles is 1. The number of ether oxygens (including phenoxy) is 3. The Morgan fingerprint density at radius 1 is 1.44 bits per heavy atom. The summed E-state index contributed by atoms with van der Waals surface area (Å²) in [4.78, 5) is 12.4. The minimum absolute atomic E-state index is 0.0646. The molecule has 132 valence electrons. The highest BCUT2D eigenvalue weighted by molar-refractivity contribution is 5.92. The van der Waals surface area contributed by atoms with Crippen LogP contribution in [0.1, 0.15) is 25.3 Å². The van der Waals surface area contributed by atoms with E-state index >= 15 is 0 Å². The molecular weight excluding hydrogens is 334 g/mol. The summed E-state index contributed by atoms with van der Waals surface area (Å²) in [6.07, 6.45) is 0. The molecule has 1 aromatic rings. The molecule has 0 saturated heterocycles. The summed E-state index contributed by atoms with van der Waals surface area (Å²) in [7, 11) is 1.19. The van der Waals surface area contributed by atoms with Crippen LogP contribution >= 0.6 is 0 Å². The zero-order valence-electron chi connectivity index (χ0n) is 13.9. The highest BCUT2D eigenvalue weighted by Crippen LogP contribution is 2.43. The standard InChI is InChI=1S/C17H16F2N2O4/c1-4-24-17(22)13-8(2)25-16(21)11(7-20)14(13)10-5-9(18)6-12(19)15(10)23-3/h5-6,14H,4,21H2,1-3H3. The van der Waals surface area contributed by atoms with Gasteiger partial charge in [0, 0.05) is 11.6 Å². The van der Waals surface area contributed by atoms with Crippen LogP contribution in [0.2, 0.25) is 0 Å². The molecule has 0 spiro atoms. The maximum absolute atomic E-state index is 14.1. The third-order valence-corrected chi connectivity index (χ3v) is 3.65. The van der Waals surface area contributed by atoms with Gasteiger partial charge in [-0.25, -0.2) is 13.6 Å². The summed E-state index contributed by atoms with van der Waals surface area (Å²) >= 11 is 0. The number of esters is 1. The first-order chi connectivity index (χ1) is 11.8. The molecule has 0 fully saturated rings. The van der Waals surface area contributed by atoms with Crippen molar-refractivity contribution < 1.29 is 27.8 Å². The molecule has 0 aliphatic carbocycles. The van der Waals surface area contributed by atoms with Gasteiger partial charge in [0.25, 0.3) is 0 Å². The minimum Gasteiger partial charge on any atom is -0.493 e. The number of carbonyl (C=O) groups excluding carboxylic acids is 1. The van der Waals surface area contributed by atoms with Crippen molar-refractivity contribution in [2.75, 3.05) is 13.7 Å². The zero-order chi connectivity index (χ0) is 18.7. The van der Waals surface area contributed by atoms with Crippen LogP contribution in [0.5, 0.6) is 5.75 Å². The number of carbonyl (C=O) groups is 1. The van der Waals surface area contributed by atoms with Crippen molar-refractivity contribution in [3.63, 3.8) is 0 Å². The van der Waals surface area contributed by atoms with Gasteiger partial charge in [-0.3, -0.25) is 0 Å². The van der Waals surface area contributed by atoms with Crippen molar-refractivity contribution >= 4 is 5.97 Å². The number of benzene rings is 1. The molecule has 0 amide bonds. The highest BCUT2D eigenvalue weighted by Gasteiger charge is 2.38. The van der Waals surface area contributed by atoms with Crippen LogP contribution in [0, 0.1) is 23.0 Å². The first-order valence-electron chi connectivity index (χ1n) is 7.34. The van der Waals surface area contributed by atoms with E-state index in [-0.39, 0.29) is 40.7 Å². The van der Waals surface area contributed by atoms with Gasteiger partial charge in [-0.05, 0) is 19.9 Å². The predicted octanol–water partition coefficient (Wildman–Crippen LogP) is 2.62. The molecule has 0 bridgehead atoms. The molecular formula is C17H16F2N2O4. The molecule has 2 rings (SSSR count). The number of nitrogens with zero attached hydrogens (tertiary/aromatic N) is 1. The van der Waals surface area contributed by atoms with Crippen molar-refractivity contribution in [2.24, 2.45) is 5.73 Å². The normalized spacial score (nSPS) is 17.0. The molecule has 1 heterocycles. The Kier molecular flexibility index (Phi) is 5.27. The summed E-state index contributed by atoms with van der Waals surface area (Å²) in [6.45, 7) is 3.12. The second-order valence-electron chi connectivity index (χ2n) is 5.13. The van der Waals surface area contributed by atoms with E-state index in [9.17, 15) is 18.8 Å². The predicted molar refractivity (Wildman–Crippen MR) is 82.9 cm³/mol. The van der Waals surface area contributed by atoms with E-state index in [2.05, 4.69) is 0 Å². The van der Waals surface area contributed by atoms with Gasteiger partial charge in [0.05, 0.1) is 25.2 Å². The largest absolute Gasteiger partial charge is 0.493 e. The topological polar surface area (TPSA) is 94.6 Å². The quantitative estimate of drug-likeness (QED) is 0.839. The van der Waals surface area contributed by atoms with Crippen molar-refractivity contribution in [2.45, 2.75) is 19.8 Å². The number of halogens is 2. The molecule has 1 unspecified atom stereocenters. The van der Waals surface area contributed by atoms with Crippen molar-refractivity contribution in [3.05, 3.63) is 52.1 Å². The summed E-state index contributed by atoms with van der Waals surface area (Å²) in [5.41, 5.74) is 5.42. The van der Waals surface area contributed by atoms with Gasteiger partial charge in [-0.2, -0.15) is 5.26 Å². The Morgan fingerprint density at radius 3 is 2.68 bits per heavy atom. The number of hydrogen-bond donors (Lipinski definition) is 1. The number of allylic oxidation sites excluding steroid dienone is 2. The highest BCUT2D eigenvalue weighted by atomic mass is 19.1. The minimum atomic E-state index is -1.18. The lowest BCUT2D eigenvalue weighted by Crippen LogP contribution is -2.26. The third kappa shape index (κ3) is 3.26. The summed E-state index contributed by atoms with van der Waals surface area (Å²) in [5.74, 6) is -4.31. The lowest BCUT2D eigenvalue weighted by molar-refractivity contribution is -0.139. The first kappa shape index (κ1) is 18.3. The molecule has 8 heteroatoms. The fourth-order valence-electron chi connectivity index (χ4n) is 2.68. The second kappa shape index (κ2) is 7.21. The Morgan fingerprint density at radius 2 is 2.12 bits per heavy atom. The molecule has 0 saturated carbocycles. The third-order valence-electron chi connectivity index (χ3n) is 3.65. The molecule has 0 aromatic heterocycles. The van der Waals surface area contributed by atoms with Crippen LogP contribution in [0.25, 0.3) is 0 Å². The van der Waals surface area contributed by atoms with Gasteiger partial charge in [-0.1, -0.05) is 0 Å².